The molecular formula is C41H57BrF2N10O4Si2. The molecule has 0 saturated carbocycles. The van der Waals surface area contributed by atoms with Crippen LogP contribution in [0.1, 0.15) is 62.3 Å². The minimum atomic E-state index is -1.24. The molecule has 324 valence electrons. The molecule has 5 aromatic heterocycles. The first-order valence-corrected chi connectivity index (χ1v) is 28.0. The molecular weight excluding hydrogens is 871 g/mol. The van der Waals surface area contributed by atoms with Gasteiger partial charge >= 0.3 is 0 Å². The number of hydrogen-bond donors (Lipinski definition) is 2. The summed E-state index contributed by atoms with van der Waals surface area (Å²) in [5.74, 6) is -2.12. The van der Waals surface area contributed by atoms with E-state index in [0.29, 0.717) is 68.9 Å². The first-order valence-electron chi connectivity index (χ1n) is 19.8. The largest absolute Gasteiger partial charge is 0.361 e. The number of amides is 2. The second-order valence-corrected chi connectivity index (χ2v) is 31.3. The van der Waals surface area contributed by atoms with Gasteiger partial charge < -0.3 is 29.2 Å². The molecule has 0 aliphatic carbocycles. The van der Waals surface area contributed by atoms with Gasteiger partial charge in [0.1, 0.15) is 29.1 Å². The molecule has 0 aliphatic heterocycles. The number of aromatic nitrogens is 8. The highest BCUT2D eigenvalue weighted by Gasteiger charge is 2.25. The number of benzene rings is 1. The van der Waals surface area contributed by atoms with Gasteiger partial charge in [0.05, 0.1) is 35.2 Å². The van der Waals surface area contributed by atoms with Crippen LogP contribution in [0.2, 0.25) is 51.4 Å². The van der Waals surface area contributed by atoms with E-state index < -0.39 is 33.3 Å². The predicted molar refractivity (Wildman–Crippen MR) is 240 cm³/mol. The molecule has 0 atom stereocenters. The maximum absolute atomic E-state index is 13.9. The van der Waals surface area contributed by atoms with Crippen molar-refractivity contribution in [1.29, 1.82) is 0 Å². The van der Waals surface area contributed by atoms with Gasteiger partial charge in [0, 0.05) is 64.3 Å². The van der Waals surface area contributed by atoms with E-state index in [2.05, 4.69) is 90.9 Å². The summed E-state index contributed by atoms with van der Waals surface area (Å²) in [5, 5.41) is 10.6. The van der Waals surface area contributed by atoms with Gasteiger partial charge in [0.15, 0.2) is 28.7 Å². The van der Waals surface area contributed by atoms with Gasteiger partial charge in [-0.05, 0) is 75.6 Å². The zero-order chi connectivity index (χ0) is 44.4. The number of carbonyl (C=O) groups is 2. The van der Waals surface area contributed by atoms with Crippen LogP contribution in [-0.2, 0) is 22.9 Å². The van der Waals surface area contributed by atoms with Crippen LogP contribution >= 0.6 is 15.9 Å². The van der Waals surface area contributed by atoms with E-state index in [0.717, 1.165) is 24.2 Å². The van der Waals surface area contributed by atoms with Crippen LogP contribution in [0.4, 0.5) is 8.78 Å². The Morgan fingerprint density at radius 1 is 0.717 bits per heavy atom. The standard InChI is InChI=1S/C24H30F2N6O2Si.C17H27BrN4O2Si/c1-24(2,3)30-23(33)16-13-31(14-34-7-8-35(4,5)6)22-21(16)29-20(12-27-22)32-19-10-18(26)17(25)9-15(19)11-28-32;1-17(2,3)21-16(23)12-10-22(11-24-7-8-25(4,5)6)15-14(12)20-13(18)9-19-15/h9-13H,7-8,14H2,1-6H3,(H,30,33);9-10H,7-8,11H2,1-6H3,(H,21,23). The van der Waals surface area contributed by atoms with Crippen molar-refractivity contribution in [2.24, 2.45) is 0 Å². The molecule has 5 heterocycles. The van der Waals surface area contributed by atoms with Gasteiger partial charge in [-0.25, -0.2) is 33.4 Å². The molecule has 0 fully saturated rings. The van der Waals surface area contributed by atoms with Crippen LogP contribution < -0.4 is 10.6 Å². The SMILES string of the molecule is CC(C)(C)NC(=O)c1cn(COCC[Si](C)(C)C)c2ncc(-n3ncc4cc(F)c(F)cc43)nc12.CC(C)(C)NC(=O)c1cn(COCC[Si](C)(C)C)c2ncc(Br)nc12. The third-order valence-electron chi connectivity index (χ3n) is 8.84. The second kappa shape index (κ2) is 18.3. The fourth-order valence-corrected chi connectivity index (χ4v) is 7.60. The maximum Gasteiger partial charge on any atom is 0.255 e. The Morgan fingerprint density at radius 2 is 1.18 bits per heavy atom. The number of carbonyl (C=O) groups excluding carboxylic acids is 2. The van der Waals surface area contributed by atoms with Gasteiger partial charge in [0.2, 0.25) is 0 Å². The van der Waals surface area contributed by atoms with Crippen LogP contribution in [0, 0.1) is 11.6 Å². The Kier molecular flexibility index (Phi) is 14.2. The van der Waals surface area contributed by atoms with E-state index >= 15 is 0 Å². The normalized spacial score (nSPS) is 12.6. The first-order chi connectivity index (χ1) is 27.8. The number of fused-ring (bicyclic) bond motifs is 3. The van der Waals surface area contributed by atoms with Gasteiger partial charge in [-0.3, -0.25) is 9.59 Å². The van der Waals surface area contributed by atoms with Crippen molar-refractivity contribution < 1.29 is 27.8 Å². The van der Waals surface area contributed by atoms with Crippen molar-refractivity contribution in [2.75, 3.05) is 13.2 Å². The van der Waals surface area contributed by atoms with Gasteiger partial charge in [-0.15, -0.1) is 0 Å². The van der Waals surface area contributed by atoms with Crippen molar-refractivity contribution in [3.63, 3.8) is 0 Å². The van der Waals surface area contributed by atoms with Crippen molar-refractivity contribution in [2.45, 2.75) is 117 Å². The molecule has 6 rings (SSSR count). The van der Waals surface area contributed by atoms with Crippen LogP contribution in [0.3, 0.4) is 0 Å². The Morgan fingerprint density at radius 3 is 1.67 bits per heavy atom. The van der Waals surface area contributed by atoms with E-state index in [-0.39, 0.29) is 29.9 Å². The number of hydrogen-bond acceptors (Lipinski definition) is 9. The molecule has 60 heavy (non-hydrogen) atoms. The molecule has 14 nitrogen and oxygen atoms in total. The summed E-state index contributed by atoms with van der Waals surface area (Å²) >= 11 is 3.33. The molecule has 6 aromatic rings. The van der Waals surface area contributed by atoms with Crippen molar-refractivity contribution >= 4 is 77.1 Å². The lowest BCUT2D eigenvalue weighted by molar-refractivity contribution is 0.0879. The average molecular weight is 928 g/mol. The summed E-state index contributed by atoms with van der Waals surface area (Å²) in [6.45, 7) is 27.2. The molecule has 19 heteroatoms. The average Bonchev–Trinajstić information content (AvgIpc) is 3.80. The molecule has 2 amide bonds. The summed E-state index contributed by atoms with van der Waals surface area (Å²) in [6, 6.07) is 4.26. The highest BCUT2D eigenvalue weighted by molar-refractivity contribution is 9.10. The van der Waals surface area contributed by atoms with Gasteiger partial charge in [-0.2, -0.15) is 5.10 Å². The summed E-state index contributed by atoms with van der Waals surface area (Å²) in [7, 11) is -2.37. The maximum atomic E-state index is 13.9. The fraction of sp³-hybridized carbons (Fsp3) is 0.488. The Labute approximate surface area is 360 Å². The van der Waals surface area contributed by atoms with E-state index in [1.54, 1.807) is 23.2 Å². The Bertz CT molecular complexity index is 2500. The van der Waals surface area contributed by atoms with Gasteiger partial charge in [-0.1, -0.05) is 39.3 Å². The third kappa shape index (κ3) is 12.6. The molecule has 0 saturated heterocycles. The van der Waals surface area contributed by atoms with Crippen molar-refractivity contribution in [3.05, 3.63) is 70.5 Å². The second-order valence-electron chi connectivity index (χ2n) is 19.3. The molecule has 1 aromatic carbocycles. The summed E-state index contributed by atoms with van der Waals surface area (Å²) in [4.78, 5) is 43.7. The first kappa shape index (κ1) is 46.6. The quantitative estimate of drug-likeness (QED) is 0.0853. The number of halogens is 3. The van der Waals surface area contributed by atoms with E-state index in [1.807, 2.05) is 46.1 Å². The Balaban J connectivity index is 0.000000241. The lowest BCUT2D eigenvalue weighted by Gasteiger charge is -2.20. The Hall–Kier alpha value is -4.44. The minimum Gasteiger partial charge on any atom is -0.361 e. The monoisotopic (exact) mass is 926 g/mol. The van der Waals surface area contributed by atoms with Crippen molar-refractivity contribution in [1.82, 2.24) is 49.5 Å². The molecule has 0 radical (unpaired) electrons. The third-order valence-corrected chi connectivity index (χ3v) is 12.6. The molecule has 0 aliphatic rings. The summed E-state index contributed by atoms with van der Waals surface area (Å²) < 4.78 is 44.8. The number of rotatable bonds is 13. The van der Waals surface area contributed by atoms with E-state index in [1.165, 1.54) is 17.1 Å². The molecule has 0 unspecified atom stereocenters. The van der Waals surface area contributed by atoms with Gasteiger partial charge in [0.25, 0.3) is 11.8 Å². The van der Waals surface area contributed by atoms with E-state index in [4.69, 9.17) is 9.47 Å². The van der Waals surface area contributed by atoms with Crippen LogP contribution in [0.5, 0.6) is 0 Å². The van der Waals surface area contributed by atoms with Crippen LogP contribution in [-0.4, -0.2) is 91.1 Å². The number of nitrogens with zero attached hydrogens (tertiary/aromatic N) is 8. The number of nitrogens with one attached hydrogen (secondary N) is 2. The molecule has 0 spiro atoms. The molecule has 2 N–H and O–H groups in total. The zero-order valence-corrected chi connectivity index (χ0v) is 40.2. The zero-order valence-electron chi connectivity index (χ0n) is 36.6. The predicted octanol–water partition coefficient (Wildman–Crippen LogP) is 8.92. The summed E-state index contributed by atoms with van der Waals surface area (Å²) in [6.07, 6.45) is 7.99. The summed E-state index contributed by atoms with van der Waals surface area (Å²) in [5.41, 5.74) is 2.48. The topological polar surface area (TPSA) is 156 Å². The smallest absolute Gasteiger partial charge is 0.255 e. The number of ether oxygens (including phenoxy) is 2. The highest BCUT2D eigenvalue weighted by atomic mass is 79.9. The van der Waals surface area contributed by atoms with E-state index in [9.17, 15) is 18.4 Å². The van der Waals surface area contributed by atoms with Crippen molar-refractivity contribution in [3.8, 4) is 5.82 Å². The molecule has 0 bridgehead atoms. The van der Waals surface area contributed by atoms with Crippen LogP contribution in [0.15, 0.2) is 47.7 Å². The lowest BCUT2D eigenvalue weighted by atomic mass is 10.1. The van der Waals surface area contributed by atoms with Crippen LogP contribution in [0.25, 0.3) is 39.0 Å². The minimum absolute atomic E-state index is 0.161. The highest BCUT2D eigenvalue weighted by Crippen LogP contribution is 2.25. The lowest BCUT2D eigenvalue weighted by Crippen LogP contribution is -2.40. The fourth-order valence-electron chi connectivity index (χ4n) is 5.81.